The number of phenolic OH excluding ortho intramolecular Hbond substituents is 2. The van der Waals surface area contributed by atoms with Crippen LogP contribution in [0.1, 0.15) is 38.2 Å². The normalized spacial score (nSPS) is 16.4. The van der Waals surface area contributed by atoms with E-state index in [1.54, 1.807) is 48.8 Å². The average Bonchev–Trinajstić information content (AvgIpc) is 3.30. The highest BCUT2D eigenvalue weighted by atomic mass is 16.3. The van der Waals surface area contributed by atoms with Crippen molar-refractivity contribution in [3.63, 3.8) is 0 Å². The van der Waals surface area contributed by atoms with Gasteiger partial charge in [-0.25, -0.2) is 0 Å². The van der Waals surface area contributed by atoms with Gasteiger partial charge in [0.25, 0.3) is 5.91 Å². The van der Waals surface area contributed by atoms with Crippen molar-refractivity contribution in [1.82, 2.24) is 5.32 Å². The van der Waals surface area contributed by atoms with E-state index < -0.39 is 5.54 Å². The number of carbonyl (C=O) groups is 1. The lowest BCUT2D eigenvalue weighted by Crippen LogP contribution is -2.41. The van der Waals surface area contributed by atoms with E-state index in [1.165, 1.54) is 0 Å². The molecule has 0 fully saturated rings. The summed E-state index contributed by atoms with van der Waals surface area (Å²) in [7, 11) is 0. The monoisotopic (exact) mass is 523 g/mol. The van der Waals surface area contributed by atoms with Gasteiger partial charge in [0.1, 0.15) is 17.0 Å². The molecule has 1 heterocycles. The first-order chi connectivity index (χ1) is 19.5. The zero-order valence-corrected chi connectivity index (χ0v) is 21.4. The SMILES string of the molecule is O=C1NC(c2ccc(N=Cc3ccccc3O)cc2)(c2ccc(N=Cc3ccccc3O)cc2)c2ccccc21. The van der Waals surface area contributed by atoms with Gasteiger partial charge in [0.15, 0.2) is 0 Å². The third-order valence-electron chi connectivity index (χ3n) is 7.06. The fourth-order valence-corrected chi connectivity index (χ4v) is 5.01. The van der Waals surface area contributed by atoms with Crippen molar-refractivity contribution in [1.29, 1.82) is 0 Å². The highest BCUT2D eigenvalue weighted by Crippen LogP contribution is 2.43. The third-order valence-corrected chi connectivity index (χ3v) is 7.06. The fourth-order valence-electron chi connectivity index (χ4n) is 5.01. The molecule has 0 unspecified atom stereocenters. The molecule has 0 saturated carbocycles. The molecule has 5 aromatic carbocycles. The lowest BCUT2D eigenvalue weighted by molar-refractivity contribution is 0.0948. The van der Waals surface area contributed by atoms with Gasteiger partial charge in [0.2, 0.25) is 0 Å². The van der Waals surface area contributed by atoms with Crippen LogP contribution >= 0.6 is 0 Å². The molecule has 0 saturated heterocycles. The maximum Gasteiger partial charge on any atom is 0.252 e. The molecule has 5 aromatic rings. The van der Waals surface area contributed by atoms with Crippen LogP contribution in [-0.4, -0.2) is 28.5 Å². The first kappa shape index (κ1) is 24.8. The Bertz CT molecular complexity index is 1660. The zero-order chi connectivity index (χ0) is 27.5. The van der Waals surface area contributed by atoms with Crippen LogP contribution in [0.5, 0.6) is 11.5 Å². The Morgan fingerprint density at radius 1 is 0.575 bits per heavy atom. The quantitative estimate of drug-likeness (QED) is 0.218. The van der Waals surface area contributed by atoms with Gasteiger partial charge in [-0.15, -0.1) is 0 Å². The average molecular weight is 524 g/mol. The molecule has 3 N–H and O–H groups in total. The summed E-state index contributed by atoms with van der Waals surface area (Å²) in [6, 6.07) is 37.1. The Kier molecular flexibility index (Phi) is 6.42. The number of benzene rings is 5. The number of nitrogens with zero attached hydrogens (tertiary/aromatic N) is 2. The number of rotatable bonds is 6. The molecule has 0 aliphatic carbocycles. The number of hydrogen-bond donors (Lipinski definition) is 3. The molecule has 194 valence electrons. The number of para-hydroxylation sites is 2. The Labute approximate surface area is 231 Å². The lowest BCUT2D eigenvalue weighted by Gasteiger charge is -2.32. The molecule has 0 radical (unpaired) electrons. The van der Waals surface area contributed by atoms with Gasteiger partial charge in [-0.05, 0) is 71.3 Å². The summed E-state index contributed by atoms with van der Waals surface area (Å²) < 4.78 is 0. The topological polar surface area (TPSA) is 94.3 Å². The molecule has 0 bridgehead atoms. The minimum absolute atomic E-state index is 0.140. The van der Waals surface area contributed by atoms with Gasteiger partial charge in [-0.3, -0.25) is 14.8 Å². The van der Waals surface area contributed by atoms with E-state index in [1.807, 2.05) is 84.9 Å². The molecule has 1 aliphatic rings. The van der Waals surface area contributed by atoms with Crippen molar-refractivity contribution in [2.75, 3.05) is 0 Å². The van der Waals surface area contributed by atoms with E-state index in [0.717, 1.165) is 16.7 Å². The molecule has 0 aromatic heterocycles. The Morgan fingerprint density at radius 2 is 1.02 bits per heavy atom. The molecule has 40 heavy (non-hydrogen) atoms. The largest absolute Gasteiger partial charge is 0.507 e. The van der Waals surface area contributed by atoms with Crippen molar-refractivity contribution < 1.29 is 15.0 Å². The number of aromatic hydroxyl groups is 2. The third kappa shape index (κ3) is 4.52. The maximum absolute atomic E-state index is 13.1. The zero-order valence-electron chi connectivity index (χ0n) is 21.4. The lowest BCUT2D eigenvalue weighted by atomic mass is 9.78. The van der Waals surface area contributed by atoms with Crippen LogP contribution in [0, 0.1) is 0 Å². The fraction of sp³-hybridized carbons (Fsp3) is 0.0294. The van der Waals surface area contributed by atoms with E-state index >= 15 is 0 Å². The van der Waals surface area contributed by atoms with Crippen LogP contribution in [-0.2, 0) is 5.54 Å². The van der Waals surface area contributed by atoms with E-state index in [0.29, 0.717) is 28.1 Å². The molecule has 1 aliphatic heterocycles. The number of aliphatic imine (C=N–C) groups is 2. The van der Waals surface area contributed by atoms with Gasteiger partial charge in [0, 0.05) is 29.1 Å². The summed E-state index contributed by atoms with van der Waals surface area (Å²) in [4.78, 5) is 22.2. The first-order valence-electron chi connectivity index (χ1n) is 12.8. The molecule has 1 amide bonds. The number of amides is 1. The van der Waals surface area contributed by atoms with E-state index in [4.69, 9.17) is 0 Å². The number of phenols is 2. The molecule has 0 spiro atoms. The summed E-state index contributed by atoms with van der Waals surface area (Å²) >= 11 is 0. The van der Waals surface area contributed by atoms with Crippen molar-refractivity contribution in [3.8, 4) is 11.5 Å². The van der Waals surface area contributed by atoms with Crippen LogP contribution in [0.25, 0.3) is 0 Å². The minimum atomic E-state index is -0.895. The van der Waals surface area contributed by atoms with Crippen LogP contribution in [0.4, 0.5) is 11.4 Å². The predicted octanol–water partition coefficient (Wildman–Crippen LogP) is 6.63. The first-order valence-corrected chi connectivity index (χ1v) is 12.8. The molecule has 0 atom stereocenters. The Hall–Kier alpha value is -5.49. The van der Waals surface area contributed by atoms with Crippen molar-refractivity contribution in [3.05, 3.63) is 155 Å². The molecule has 6 heteroatoms. The second-order valence-corrected chi connectivity index (χ2v) is 9.48. The smallest absolute Gasteiger partial charge is 0.252 e. The predicted molar refractivity (Wildman–Crippen MR) is 157 cm³/mol. The number of nitrogens with one attached hydrogen (secondary N) is 1. The highest BCUT2D eigenvalue weighted by Gasteiger charge is 2.45. The summed E-state index contributed by atoms with van der Waals surface area (Å²) in [5.74, 6) is 0.194. The summed E-state index contributed by atoms with van der Waals surface area (Å²) in [5.41, 5.74) is 5.07. The maximum atomic E-state index is 13.1. The standard InChI is InChI=1S/C34H25N3O3/c38-31-11-5-1-7-23(31)21-35-27-17-13-25(14-18-27)34(30-10-4-3-9-29(30)33(40)37-34)26-15-19-28(20-16-26)36-22-24-8-2-6-12-32(24)39/h1-22,38-39H,(H,37,40). The summed E-state index contributed by atoms with van der Waals surface area (Å²) in [6.07, 6.45) is 3.25. The van der Waals surface area contributed by atoms with Crippen LogP contribution in [0.3, 0.4) is 0 Å². The van der Waals surface area contributed by atoms with Gasteiger partial charge < -0.3 is 15.5 Å². The molecular formula is C34H25N3O3. The van der Waals surface area contributed by atoms with Crippen molar-refractivity contribution >= 4 is 29.7 Å². The van der Waals surface area contributed by atoms with E-state index in [9.17, 15) is 15.0 Å². The minimum Gasteiger partial charge on any atom is -0.507 e. The summed E-state index contributed by atoms with van der Waals surface area (Å²) in [5, 5.41) is 23.3. The van der Waals surface area contributed by atoms with Crippen molar-refractivity contribution in [2.45, 2.75) is 5.54 Å². The van der Waals surface area contributed by atoms with E-state index in [-0.39, 0.29) is 17.4 Å². The summed E-state index contributed by atoms with van der Waals surface area (Å²) in [6.45, 7) is 0. The van der Waals surface area contributed by atoms with Gasteiger partial charge in [-0.1, -0.05) is 66.7 Å². The highest BCUT2D eigenvalue weighted by molar-refractivity contribution is 6.01. The van der Waals surface area contributed by atoms with E-state index in [2.05, 4.69) is 15.3 Å². The van der Waals surface area contributed by atoms with Gasteiger partial charge in [0.05, 0.1) is 11.4 Å². The van der Waals surface area contributed by atoms with Gasteiger partial charge in [-0.2, -0.15) is 0 Å². The van der Waals surface area contributed by atoms with Crippen LogP contribution < -0.4 is 5.32 Å². The van der Waals surface area contributed by atoms with Crippen molar-refractivity contribution in [2.24, 2.45) is 9.98 Å². The number of fused-ring (bicyclic) bond motifs is 1. The Balaban J connectivity index is 1.37. The second kappa shape index (κ2) is 10.3. The second-order valence-electron chi connectivity index (χ2n) is 9.48. The molecular weight excluding hydrogens is 498 g/mol. The van der Waals surface area contributed by atoms with Crippen LogP contribution in [0.2, 0.25) is 0 Å². The van der Waals surface area contributed by atoms with Crippen LogP contribution in [0.15, 0.2) is 131 Å². The van der Waals surface area contributed by atoms with Gasteiger partial charge >= 0.3 is 0 Å². The number of hydrogen-bond acceptors (Lipinski definition) is 5. The number of carbonyl (C=O) groups excluding carboxylic acids is 1. The Morgan fingerprint density at radius 3 is 1.52 bits per heavy atom. The molecule has 6 nitrogen and oxygen atoms in total. The molecule has 6 rings (SSSR count).